The summed E-state index contributed by atoms with van der Waals surface area (Å²) in [6.45, 7) is 4.47. The smallest absolute Gasteiger partial charge is 0.243 e. The minimum Gasteiger partial charge on any atom is -0.489 e. The highest BCUT2D eigenvalue weighted by molar-refractivity contribution is 5.88. The zero-order valence-corrected chi connectivity index (χ0v) is 23.0. The number of hydrogen-bond donors (Lipinski definition) is 2. The van der Waals surface area contributed by atoms with Crippen molar-refractivity contribution in [1.82, 2.24) is 15.7 Å². The van der Waals surface area contributed by atoms with Crippen LogP contribution in [0.3, 0.4) is 0 Å². The van der Waals surface area contributed by atoms with Crippen LogP contribution in [-0.2, 0) is 19.2 Å². The van der Waals surface area contributed by atoms with E-state index in [1.165, 1.54) is 5.57 Å². The number of benzene rings is 2. The average molecular weight is 538 g/mol. The minimum atomic E-state index is -0.321. The Hall–Kier alpha value is -2.94. The van der Waals surface area contributed by atoms with Gasteiger partial charge in [0.2, 0.25) is 11.8 Å². The van der Waals surface area contributed by atoms with Crippen LogP contribution in [0.2, 0.25) is 0 Å². The molecule has 2 N–H and O–H groups in total. The van der Waals surface area contributed by atoms with Crippen LogP contribution < -0.4 is 15.5 Å². The lowest BCUT2D eigenvalue weighted by Crippen LogP contribution is -2.32. The van der Waals surface area contributed by atoms with Gasteiger partial charge in [0.15, 0.2) is 6.29 Å². The van der Waals surface area contributed by atoms with E-state index in [1.807, 2.05) is 29.2 Å². The summed E-state index contributed by atoms with van der Waals surface area (Å²) in [4.78, 5) is 31.3. The first-order valence-corrected chi connectivity index (χ1v) is 14.5. The molecule has 2 heterocycles. The predicted octanol–water partition coefficient (Wildman–Crippen LogP) is 4.88. The third kappa shape index (κ3) is 9.95. The van der Waals surface area contributed by atoms with Crippen LogP contribution in [0.15, 0.2) is 54.1 Å². The van der Waals surface area contributed by atoms with Crippen LogP contribution >= 0.6 is 0 Å². The van der Waals surface area contributed by atoms with Gasteiger partial charge in [-0.3, -0.25) is 9.59 Å². The molecule has 2 aliphatic rings. The van der Waals surface area contributed by atoms with E-state index in [0.29, 0.717) is 26.1 Å². The maximum Gasteiger partial charge on any atom is 0.243 e. The highest BCUT2D eigenvalue weighted by atomic mass is 16.8. The van der Waals surface area contributed by atoms with Gasteiger partial charge in [-0.25, -0.2) is 10.3 Å². The number of amides is 2. The summed E-state index contributed by atoms with van der Waals surface area (Å²) in [5, 5.41) is 5.79. The first-order chi connectivity index (χ1) is 19.2. The van der Waals surface area contributed by atoms with E-state index < -0.39 is 0 Å². The molecule has 8 heteroatoms. The normalized spacial score (nSPS) is 18.1. The van der Waals surface area contributed by atoms with E-state index in [4.69, 9.17) is 14.3 Å². The minimum absolute atomic E-state index is 0.106. The molecule has 0 spiro atoms. The van der Waals surface area contributed by atoms with Gasteiger partial charge in [-0.15, -0.1) is 0 Å². The number of allylic oxidation sites excluding steroid dienone is 1. The van der Waals surface area contributed by atoms with E-state index in [2.05, 4.69) is 35.1 Å². The fourth-order valence-electron chi connectivity index (χ4n) is 4.98. The van der Waals surface area contributed by atoms with E-state index in [1.54, 1.807) is 0 Å². The summed E-state index contributed by atoms with van der Waals surface area (Å²) in [7, 11) is 0. The molecule has 8 nitrogen and oxygen atoms in total. The molecule has 0 aliphatic carbocycles. The van der Waals surface area contributed by atoms with E-state index >= 15 is 0 Å². The Morgan fingerprint density at radius 1 is 1.08 bits per heavy atom. The van der Waals surface area contributed by atoms with Crippen molar-refractivity contribution in [2.24, 2.45) is 0 Å². The molecule has 0 radical (unpaired) electrons. The fraction of sp³-hybridized carbons (Fsp3) is 0.548. The summed E-state index contributed by atoms with van der Waals surface area (Å²) >= 11 is 0. The monoisotopic (exact) mass is 537 g/mol. The SMILES string of the molecule is O=C(CCCC/C=C(/CNCCCN1CCCC1=O)COc1cccc2ccccc12)NOC1CCCCO1. The highest BCUT2D eigenvalue weighted by Gasteiger charge is 2.19. The van der Waals surface area contributed by atoms with Crippen molar-refractivity contribution < 1.29 is 23.9 Å². The zero-order chi connectivity index (χ0) is 27.1. The number of unbranched alkanes of at least 4 members (excludes halogenated alkanes) is 2. The van der Waals surface area contributed by atoms with Gasteiger partial charge in [-0.1, -0.05) is 42.5 Å². The first kappa shape index (κ1) is 29.1. The quantitative estimate of drug-likeness (QED) is 0.180. The molecule has 0 aromatic heterocycles. The van der Waals surface area contributed by atoms with Gasteiger partial charge in [-0.05, 0) is 68.5 Å². The standard InChI is InChI=1S/C31H43N3O5/c35-29(33-39-31-18-6-7-22-37-31)16-3-1-2-11-25(23-32-19-10-21-34-20-9-17-30(34)36)24-38-28-15-8-13-26-12-4-5-14-27(26)28/h4-5,8,11-15,31-32H,1-3,6-7,9-10,16-24H2,(H,33,35)/b25-11-. The Labute approximate surface area is 232 Å². The maximum atomic E-state index is 12.1. The lowest BCUT2D eigenvalue weighted by atomic mass is 10.1. The second kappa shape index (κ2) is 16.2. The number of fused-ring (bicyclic) bond motifs is 1. The number of nitrogens with one attached hydrogen (secondary N) is 2. The molecule has 1 atom stereocenters. The number of hydroxylamine groups is 1. The number of rotatable bonds is 16. The highest BCUT2D eigenvalue weighted by Crippen LogP contribution is 2.25. The molecule has 2 amide bonds. The molecule has 2 aliphatic heterocycles. The third-order valence-electron chi connectivity index (χ3n) is 7.20. The van der Waals surface area contributed by atoms with Crippen molar-refractivity contribution in [3.05, 3.63) is 54.1 Å². The number of hydrogen-bond acceptors (Lipinski definition) is 6. The molecule has 2 fully saturated rings. The predicted molar refractivity (Wildman–Crippen MR) is 152 cm³/mol. The first-order valence-electron chi connectivity index (χ1n) is 14.5. The second-order valence-electron chi connectivity index (χ2n) is 10.3. The van der Waals surface area contributed by atoms with Gasteiger partial charge in [0.25, 0.3) is 0 Å². The average Bonchev–Trinajstić information content (AvgIpc) is 3.38. The number of likely N-dealkylation sites (tertiary alicyclic amines) is 1. The summed E-state index contributed by atoms with van der Waals surface area (Å²) in [6, 6.07) is 14.4. The molecular weight excluding hydrogens is 494 g/mol. The summed E-state index contributed by atoms with van der Waals surface area (Å²) in [6.07, 6.45) is 10.4. The number of ether oxygens (including phenoxy) is 2. The van der Waals surface area contributed by atoms with Crippen LogP contribution in [0.1, 0.15) is 64.2 Å². The zero-order valence-electron chi connectivity index (χ0n) is 23.0. The van der Waals surface area contributed by atoms with Gasteiger partial charge in [-0.2, -0.15) is 0 Å². The number of carbonyl (C=O) groups excluding carboxylic acids is 2. The Kier molecular flexibility index (Phi) is 12.1. The van der Waals surface area contributed by atoms with Gasteiger partial charge in [0, 0.05) is 50.9 Å². The van der Waals surface area contributed by atoms with Gasteiger partial charge >= 0.3 is 0 Å². The van der Waals surface area contributed by atoms with Gasteiger partial charge in [0.05, 0.1) is 0 Å². The molecule has 0 bridgehead atoms. The molecule has 212 valence electrons. The van der Waals surface area contributed by atoms with Crippen LogP contribution in [0, 0.1) is 0 Å². The topological polar surface area (TPSA) is 89.1 Å². The Balaban J connectivity index is 1.21. The molecule has 1 unspecified atom stereocenters. The van der Waals surface area contributed by atoms with Crippen molar-refractivity contribution in [3.8, 4) is 5.75 Å². The third-order valence-corrected chi connectivity index (χ3v) is 7.20. The molecule has 2 aromatic carbocycles. The largest absolute Gasteiger partial charge is 0.489 e. The number of nitrogens with zero attached hydrogens (tertiary/aromatic N) is 1. The van der Waals surface area contributed by atoms with Gasteiger partial charge in [0.1, 0.15) is 12.4 Å². The van der Waals surface area contributed by atoms with Gasteiger partial charge < -0.3 is 19.7 Å². The summed E-state index contributed by atoms with van der Waals surface area (Å²) < 4.78 is 11.7. The Morgan fingerprint density at radius 3 is 2.82 bits per heavy atom. The van der Waals surface area contributed by atoms with Crippen LogP contribution in [0.4, 0.5) is 0 Å². The van der Waals surface area contributed by atoms with E-state index in [-0.39, 0.29) is 18.1 Å². The van der Waals surface area contributed by atoms with Crippen LogP contribution in [0.5, 0.6) is 5.75 Å². The Morgan fingerprint density at radius 2 is 1.97 bits per heavy atom. The Bertz CT molecular complexity index is 1080. The number of carbonyl (C=O) groups is 2. The van der Waals surface area contributed by atoms with E-state index in [9.17, 15) is 9.59 Å². The van der Waals surface area contributed by atoms with Crippen molar-refractivity contribution in [1.29, 1.82) is 0 Å². The van der Waals surface area contributed by atoms with Crippen LogP contribution in [0.25, 0.3) is 10.8 Å². The molecule has 4 rings (SSSR count). The second-order valence-corrected chi connectivity index (χ2v) is 10.3. The van der Waals surface area contributed by atoms with Crippen molar-refractivity contribution >= 4 is 22.6 Å². The molecular formula is C31H43N3O5. The van der Waals surface area contributed by atoms with E-state index in [0.717, 1.165) is 94.1 Å². The summed E-state index contributed by atoms with van der Waals surface area (Å²) in [5.74, 6) is 1.05. The molecule has 39 heavy (non-hydrogen) atoms. The van der Waals surface area contributed by atoms with Crippen molar-refractivity contribution in [2.45, 2.75) is 70.5 Å². The molecule has 2 saturated heterocycles. The van der Waals surface area contributed by atoms with Crippen LogP contribution in [-0.4, -0.2) is 62.4 Å². The summed E-state index contributed by atoms with van der Waals surface area (Å²) in [5.41, 5.74) is 3.72. The lowest BCUT2D eigenvalue weighted by molar-refractivity contribution is -0.200. The maximum absolute atomic E-state index is 12.1. The van der Waals surface area contributed by atoms with Crippen molar-refractivity contribution in [2.75, 3.05) is 39.4 Å². The molecule has 2 aromatic rings. The molecule has 0 saturated carbocycles. The lowest BCUT2D eigenvalue weighted by Gasteiger charge is -2.22. The van der Waals surface area contributed by atoms with Crippen molar-refractivity contribution in [3.63, 3.8) is 0 Å². The fourth-order valence-corrected chi connectivity index (χ4v) is 4.98.